The molecular formula is C41H31N3O. The Morgan fingerprint density at radius 2 is 1.47 bits per heavy atom. The highest BCUT2D eigenvalue weighted by molar-refractivity contribution is 6.21. The van der Waals surface area contributed by atoms with Crippen molar-refractivity contribution in [1.82, 2.24) is 9.99 Å². The van der Waals surface area contributed by atoms with E-state index in [9.17, 15) is 0 Å². The molecule has 2 N–H and O–H groups in total. The lowest BCUT2D eigenvalue weighted by Crippen LogP contribution is -2.45. The fourth-order valence-corrected chi connectivity index (χ4v) is 8.12. The fraction of sp³-hybridized carbons (Fsp3) is 0.122. The first-order valence-corrected chi connectivity index (χ1v) is 15.7. The second-order valence-corrected chi connectivity index (χ2v) is 13.2. The zero-order valence-corrected chi connectivity index (χ0v) is 25.2. The summed E-state index contributed by atoms with van der Waals surface area (Å²) in [5.74, 6) is 0. The summed E-state index contributed by atoms with van der Waals surface area (Å²) >= 11 is 0. The van der Waals surface area contributed by atoms with Gasteiger partial charge in [0.05, 0.1) is 28.7 Å². The molecule has 2 aliphatic carbocycles. The number of nitrogens with one attached hydrogen (secondary N) is 2. The molecule has 0 radical (unpaired) electrons. The Kier molecular flexibility index (Phi) is 4.75. The number of furan rings is 1. The van der Waals surface area contributed by atoms with Crippen molar-refractivity contribution in [3.8, 4) is 22.3 Å². The summed E-state index contributed by atoms with van der Waals surface area (Å²) in [6, 6.07) is 33.5. The van der Waals surface area contributed by atoms with Gasteiger partial charge in [0, 0.05) is 32.7 Å². The molecule has 4 heteroatoms. The molecule has 3 aliphatic rings. The van der Waals surface area contributed by atoms with E-state index in [4.69, 9.17) is 4.42 Å². The molecule has 7 aromatic rings. The van der Waals surface area contributed by atoms with Crippen molar-refractivity contribution in [1.29, 1.82) is 0 Å². The number of allylic oxidation sites excluding steroid dienone is 2. The van der Waals surface area contributed by atoms with Crippen molar-refractivity contribution < 1.29 is 4.42 Å². The van der Waals surface area contributed by atoms with E-state index in [1.54, 1.807) is 0 Å². The third kappa shape index (κ3) is 3.26. The second-order valence-electron chi connectivity index (χ2n) is 13.2. The molecule has 4 nitrogen and oxygen atoms in total. The Labute approximate surface area is 260 Å². The Morgan fingerprint density at radius 1 is 0.711 bits per heavy atom. The maximum atomic E-state index is 6.58. The molecule has 10 rings (SSSR count). The minimum absolute atomic E-state index is 0.0457. The second kappa shape index (κ2) is 8.58. The average molecular weight is 582 g/mol. The summed E-state index contributed by atoms with van der Waals surface area (Å²) in [5.41, 5.74) is 17.6. The number of fused-ring (bicyclic) bond motifs is 11. The Morgan fingerprint density at radius 3 is 2.38 bits per heavy atom. The molecule has 0 spiro atoms. The van der Waals surface area contributed by atoms with Crippen molar-refractivity contribution >= 4 is 49.4 Å². The minimum Gasteiger partial charge on any atom is -0.455 e. The fourth-order valence-electron chi connectivity index (χ4n) is 8.12. The Balaban J connectivity index is 1.25. The van der Waals surface area contributed by atoms with Crippen molar-refractivity contribution in [2.24, 2.45) is 0 Å². The van der Waals surface area contributed by atoms with Crippen molar-refractivity contribution in [2.45, 2.75) is 31.3 Å². The van der Waals surface area contributed by atoms with E-state index in [1.165, 1.54) is 44.2 Å². The van der Waals surface area contributed by atoms with Crippen LogP contribution in [0.15, 0.2) is 126 Å². The van der Waals surface area contributed by atoms with E-state index in [0.717, 1.165) is 44.2 Å². The lowest BCUT2D eigenvalue weighted by atomic mass is 9.81. The van der Waals surface area contributed by atoms with Gasteiger partial charge >= 0.3 is 0 Å². The highest BCUT2D eigenvalue weighted by Gasteiger charge is 2.35. The number of nitrogens with zero attached hydrogens (tertiary/aromatic N) is 1. The van der Waals surface area contributed by atoms with Gasteiger partial charge in [-0.3, -0.25) is 4.68 Å². The predicted octanol–water partition coefficient (Wildman–Crippen LogP) is 9.65. The molecule has 5 aromatic carbocycles. The number of benzene rings is 5. The molecule has 2 atom stereocenters. The molecule has 0 bridgehead atoms. The van der Waals surface area contributed by atoms with E-state index in [1.807, 2.05) is 12.1 Å². The smallest absolute Gasteiger partial charge is 0.146 e. The van der Waals surface area contributed by atoms with Crippen LogP contribution in [-0.2, 0) is 5.41 Å². The van der Waals surface area contributed by atoms with Crippen LogP contribution < -0.4 is 10.7 Å². The summed E-state index contributed by atoms with van der Waals surface area (Å²) in [5, 5.41) is 8.31. The minimum atomic E-state index is -0.0457. The highest BCUT2D eigenvalue weighted by atomic mass is 16.3. The zero-order valence-electron chi connectivity index (χ0n) is 25.2. The van der Waals surface area contributed by atoms with Crippen LogP contribution in [0.1, 0.15) is 30.5 Å². The van der Waals surface area contributed by atoms with Gasteiger partial charge in [0.1, 0.15) is 11.2 Å². The van der Waals surface area contributed by atoms with Crippen molar-refractivity contribution in [2.75, 3.05) is 5.43 Å². The summed E-state index contributed by atoms with van der Waals surface area (Å²) in [7, 11) is 0. The number of rotatable bonds is 1. The van der Waals surface area contributed by atoms with Gasteiger partial charge in [-0.25, -0.2) is 0 Å². The number of aromatic nitrogens is 1. The zero-order chi connectivity index (χ0) is 30.0. The maximum absolute atomic E-state index is 6.58. The molecule has 0 saturated carbocycles. The maximum Gasteiger partial charge on any atom is 0.146 e. The first kappa shape index (κ1) is 24.9. The van der Waals surface area contributed by atoms with Gasteiger partial charge in [0.25, 0.3) is 0 Å². The molecule has 216 valence electrons. The van der Waals surface area contributed by atoms with E-state index in [0.29, 0.717) is 0 Å². The van der Waals surface area contributed by atoms with Gasteiger partial charge in [-0.2, -0.15) is 0 Å². The topological polar surface area (TPSA) is 42.1 Å². The average Bonchev–Trinajstić information content (AvgIpc) is 3.65. The third-order valence-electron chi connectivity index (χ3n) is 10.4. The van der Waals surface area contributed by atoms with Crippen LogP contribution in [0.2, 0.25) is 0 Å². The van der Waals surface area contributed by atoms with E-state index >= 15 is 0 Å². The predicted molar refractivity (Wildman–Crippen MR) is 187 cm³/mol. The molecule has 45 heavy (non-hydrogen) atoms. The van der Waals surface area contributed by atoms with Crippen LogP contribution in [0.3, 0.4) is 0 Å². The van der Waals surface area contributed by atoms with Crippen molar-refractivity contribution in [3.63, 3.8) is 0 Å². The normalized spacial score (nSPS) is 19.3. The number of hydrogen-bond acceptors (Lipinski definition) is 3. The van der Waals surface area contributed by atoms with Gasteiger partial charge in [0.2, 0.25) is 0 Å². The van der Waals surface area contributed by atoms with Gasteiger partial charge < -0.3 is 15.2 Å². The Hall–Kier alpha value is -5.48. The molecule has 0 amide bonds. The summed E-state index contributed by atoms with van der Waals surface area (Å²) in [6.45, 7) is 9.27. The number of para-hydroxylation sites is 1. The van der Waals surface area contributed by atoms with Gasteiger partial charge in [-0.1, -0.05) is 105 Å². The molecule has 1 aliphatic heterocycles. The lowest BCUT2D eigenvalue weighted by molar-refractivity contribution is 0.610. The standard InChI is InChI=1S/C41H31N3O/c1-23-38-39-30(22-31-28-11-5-9-15-37(28)45-40(31)38)29-20-24(17-19-36(29)44(39)43-35-14-8-7-13-34(35)42-23)25-16-18-27-26-10-4-6-12-32(26)41(2,3)33(27)21-25/h4-22,34-35,42-43H,1H2,2-3H3. The Bertz CT molecular complexity index is 2500. The summed E-state index contributed by atoms with van der Waals surface area (Å²) in [4.78, 5) is 0. The quantitative estimate of drug-likeness (QED) is 0.203. The van der Waals surface area contributed by atoms with E-state index in [2.05, 4.69) is 139 Å². The molecular weight excluding hydrogens is 550 g/mol. The third-order valence-corrected chi connectivity index (χ3v) is 10.4. The van der Waals surface area contributed by atoms with Gasteiger partial charge in [0.15, 0.2) is 0 Å². The molecule has 0 saturated heterocycles. The lowest BCUT2D eigenvalue weighted by Gasteiger charge is -2.32. The monoisotopic (exact) mass is 581 g/mol. The summed E-state index contributed by atoms with van der Waals surface area (Å²) < 4.78 is 8.85. The highest BCUT2D eigenvalue weighted by Crippen LogP contribution is 2.50. The largest absolute Gasteiger partial charge is 0.455 e. The van der Waals surface area contributed by atoms with E-state index in [-0.39, 0.29) is 17.5 Å². The molecule has 0 fully saturated rings. The van der Waals surface area contributed by atoms with E-state index < -0.39 is 0 Å². The first-order valence-electron chi connectivity index (χ1n) is 15.7. The van der Waals surface area contributed by atoms with Crippen LogP contribution in [0.4, 0.5) is 0 Å². The van der Waals surface area contributed by atoms with Crippen LogP contribution in [-0.4, -0.2) is 16.8 Å². The van der Waals surface area contributed by atoms with Crippen LogP contribution in [0.5, 0.6) is 0 Å². The van der Waals surface area contributed by atoms with Crippen molar-refractivity contribution in [3.05, 3.63) is 139 Å². The molecule has 2 unspecified atom stereocenters. The van der Waals surface area contributed by atoms with Crippen LogP contribution in [0, 0.1) is 0 Å². The van der Waals surface area contributed by atoms with Gasteiger partial charge in [-0.05, 0) is 63.7 Å². The SMILES string of the molecule is C=C1NC2C=CC=CC2Nn2c3ccc(-c4ccc5c(c4)C(C)(C)c4ccccc4-5)cc3c3cc4c(oc5ccccc54)c1c32. The first-order chi connectivity index (χ1) is 22.0. The van der Waals surface area contributed by atoms with Crippen LogP contribution in [0.25, 0.3) is 71.7 Å². The van der Waals surface area contributed by atoms with Gasteiger partial charge in [-0.15, -0.1) is 0 Å². The van der Waals surface area contributed by atoms with Crippen LogP contribution >= 0.6 is 0 Å². The summed E-state index contributed by atoms with van der Waals surface area (Å²) in [6.07, 6.45) is 8.62. The number of hydrogen-bond donors (Lipinski definition) is 2. The molecule has 2 aromatic heterocycles. The molecule has 3 heterocycles.